The average molecular weight is 135 g/mol. The Kier molecular flexibility index (Phi) is 0.768. The van der Waals surface area contributed by atoms with Crippen molar-refractivity contribution in [2.45, 2.75) is 0 Å². The van der Waals surface area contributed by atoms with Crippen molar-refractivity contribution in [1.29, 1.82) is 0 Å². The highest BCUT2D eigenvalue weighted by molar-refractivity contribution is 5.71. The van der Waals surface area contributed by atoms with Crippen LogP contribution < -0.4 is 10.7 Å². The number of fused-ring (bicyclic) bond motifs is 1. The number of aromatic nitrogens is 3. The Bertz CT molecular complexity index is 413. The molecular formula is C6H5N3O. The molecule has 2 aromatic rings. The first-order valence-corrected chi connectivity index (χ1v) is 2.77. The third-order valence-electron chi connectivity index (χ3n) is 1.35. The second kappa shape index (κ2) is 1.47. The lowest BCUT2D eigenvalue weighted by Crippen LogP contribution is -2.06. The fourth-order valence-corrected chi connectivity index (χ4v) is 0.884. The lowest BCUT2D eigenvalue weighted by Gasteiger charge is -1.67. The minimum atomic E-state index is 0.588. The van der Waals surface area contributed by atoms with Crippen LogP contribution in [0.1, 0.15) is 0 Å². The van der Waals surface area contributed by atoms with Crippen molar-refractivity contribution >= 4 is 24.3 Å². The second-order valence-corrected chi connectivity index (χ2v) is 2.03. The summed E-state index contributed by atoms with van der Waals surface area (Å²) in [7, 11) is 0. The number of aromatic amines is 1. The molecule has 0 fully saturated rings. The molecule has 0 amide bonds. The molecular weight excluding hydrogens is 130 g/mol. The van der Waals surface area contributed by atoms with Gasteiger partial charge in [0, 0.05) is 5.27 Å². The summed E-state index contributed by atoms with van der Waals surface area (Å²) in [4.78, 5) is 2.88. The number of nitrogens with one attached hydrogen (secondary N) is 1. The van der Waals surface area contributed by atoms with E-state index in [4.69, 9.17) is 4.52 Å². The van der Waals surface area contributed by atoms with Gasteiger partial charge in [-0.1, -0.05) is 13.2 Å². The normalized spacial score (nSPS) is 10.8. The summed E-state index contributed by atoms with van der Waals surface area (Å²) >= 11 is 0. The van der Waals surface area contributed by atoms with Crippen LogP contribution in [0.2, 0.25) is 0 Å². The van der Waals surface area contributed by atoms with Gasteiger partial charge in [-0.2, -0.15) is 0 Å². The zero-order valence-electron chi connectivity index (χ0n) is 5.22. The highest BCUT2D eigenvalue weighted by atomic mass is 16.5. The first-order chi connectivity index (χ1) is 4.79. The third kappa shape index (κ3) is 0.452. The number of hydrogen-bond acceptors (Lipinski definition) is 3. The standard InChI is InChI=1S/C6H5N3O/c1-3-5-6(4(2)7-3)10-9-8-5/h7H,1-2H2. The van der Waals surface area contributed by atoms with E-state index in [2.05, 4.69) is 28.5 Å². The van der Waals surface area contributed by atoms with Crippen LogP contribution >= 0.6 is 0 Å². The van der Waals surface area contributed by atoms with Crippen LogP contribution in [0, 0.1) is 0 Å². The second-order valence-electron chi connectivity index (χ2n) is 2.03. The molecule has 4 nitrogen and oxygen atoms in total. The number of nitrogens with zero attached hydrogens (tertiary/aromatic N) is 2. The first kappa shape index (κ1) is 5.22. The topological polar surface area (TPSA) is 54.7 Å². The average Bonchev–Trinajstić information content (AvgIpc) is 2.39. The van der Waals surface area contributed by atoms with Crippen molar-refractivity contribution in [3.8, 4) is 0 Å². The summed E-state index contributed by atoms with van der Waals surface area (Å²) < 4.78 is 4.77. The Morgan fingerprint density at radius 1 is 1.30 bits per heavy atom. The lowest BCUT2D eigenvalue weighted by atomic mass is 10.5. The minimum absolute atomic E-state index is 0.588. The van der Waals surface area contributed by atoms with Crippen molar-refractivity contribution in [2.75, 3.05) is 0 Å². The molecule has 0 saturated heterocycles. The molecule has 0 unspecified atom stereocenters. The van der Waals surface area contributed by atoms with Crippen LogP contribution in [0.5, 0.6) is 0 Å². The molecule has 50 valence electrons. The zero-order chi connectivity index (χ0) is 7.14. The fourth-order valence-electron chi connectivity index (χ4n) is 0.884. The quantitative estimate of drug-likeness (QED) is 0.523. The third-order valence-corrected chi connectivity index (χ3v) is 1.35. The van der Waals surface area contributed by atoms with Crippen LogP contribution in [0.3, 0.4) is 0 Å². The maximum absolute atomic E-state index is 4.77. The van der Waals surface area contributed by atoms with Gasteiger partial charge in [0.1, 0.15) is 0 Å². The molecule has 2 rings (SSSR count). The predicted molar refractivity (Wildman–Crippen MR) is 36.4 cm³/mol. The minimum Gasteiger partial charge on any atom is -0.351 e. The number of H-pyrrole nitrogens is 1. The first-order valence-electron chi connectivity index (χ1n) is 2.77. The molecule has 0 radical (unpaired) electrons. The van der Waals surface area contributed by atoms with E-state index in [-0.39, 0.29) is 0 Å². The Morgan fingerprint density at radius 3 is 2.80 bits per heavy atom. The molecule has 0 aliphatic heterocycles. The van der Waals surface area contributed by atoms with Crippen molar-refractivity contribution in [3.05, 3.63) is 10.7 Å². The van der Waals surface area contributed by atoms with Gasteiger partial charge in [-0.3, -0.25) is 0 Å². The van der Waals surface area contributed by atoms with Gasteiger partial charge in [-0.15, -0.1) is 5.10 Å². The summed E-state index contributed by atoms with van der Waals surface area (Å²) in [5.41, 5.74) is 1.25. The predicted octanol–water partition coefficient (Wildman–Crippen LogP) is -0.629. The van der Waals surface area contributed by atoms with E-state index in [1.54, 1.807) is 0 Å². The summed E-state index contributed by atoms with van der Waals surface area (Å²) in [6, 6.07) is 0. The lowest BCUT2D eigenvalue weighted by molar-refractivity contribution is 0.421. The molecule has 0 spiro atoms. The Hall–Kier alpha value is -1.58. The number of rotatable bonds is 0. The Morgan fingerprint density at radius 2 is 2.10 bits per heavy atom. The van der Waals surface area contributed by atoms with Gasteiger partial charge in [-0.25, -0.2) is 0 Å². The van der Waals surface area contributed by atoms with E-state index < -0.39 is 0 Å². The molecule has 0 atom stereocenters. The fraction of sp³-hybridized carbons (Fsp3) is 0. The largest absolute Gasteiger partial charge is 0.351 e. The van der Waals surface area contributed by atoms with Crippen LogP contribution in [-0.4, -0.2) is 15.4 Å². The van der Waals surface area contributed by atoms with Crippen LogP contribution in [0.4, 0.5) is 0 Å². The van der Waals surface area contributed by atoms with Gasteiger partial charge < -0.3 is 9.51 Å². The van der Waals surface area contributed by atoms with Gasteiger partial charge in [0.2, 0.25) is 5.58 Å². The van der Waals surface area contributed by atoms with E-state index in [0.29, 0.717) is 21.8 Å². The van der Waals surface area contributed by atoms with Gasteiger partial charge in [0.15, 0.2) is 5.52 Å². The molecule has 4 heteroatoms. The van der Waals surface area contributed by atoms with Gasteiger partial charge in [0.05, 0.1) is 10.7 Å². The highest BCUT2D eigenvalue weighted by Gasteiger charge is 2.02. The van der Waals surface area contributed by atoms with Gasteiger partial charge in [0.25, 0.3) is 0 Å². The molecule has 1 N–H and O–H groups in total. The smallest absolute Gasteiger partial charge is 0.212 e. The molecule has 0 saturated carbocycles. The monoisotopic (exact) mass is 135 g/mol. The summed E-state index contributed by atoms with van der Waals surface area (Å²) in [6.45, 7) is 7.36. The zero-order valence-corrected chi connectivity index (χ0v) is 5.22. The van der Waals surface area contributed by atoms with Gasteiger partial charge >= 0.3 is 0 Å². The summed E-state index contributed by atoms with van der Waals surface area (Å²) in [5.74, 6) is 0. The van der Waals surface area contributed by atoms with Crippen LogP contribution in [0.25, 0.3) is 24.3 Å². The van der Waals surface area contributed by atoms with Crippen LogP contribution in [-0.2, 0) is 0 Å². The van der Waals surface area contributed by atoms with E-state index >= 15 is 0 Å². The molecule has 0 aromatic carbocycles. The maximum atomic E-state index is 4.77. The Balaban J connectivity index is 3.28. The van der Waals surface area contributed by atoms with Crippen LogP contribution in [0.15, 0.2) is 4.52 Å². The molecule has 0 aliphatic rings. The van der Waals surface area contributed by atoms with E-state index in [9.17, 15) is 0 Å². The van der Waals surface area contributed by atoms with Gasteiger partial charge in [-0.05, 0) is 0 Å². The summed E-state index contributed by atoms with van der Waals surface area (Å²) in [6.07, 6.45) is 0. The summed E-state index contributed by atoms with van der Waals surface area (Å²) in [5, 5.41) is 8.41. The van der Waals surface area contributed by atoms with Crippen molar-refractivity contribution in [2.24, 2.45) is 0 Å². The van der Waals surface area contributed by atoms with E-state index in [0.717, 1.165) is 0 Å². The number of hydrogen-bond donors (Lipinski definition) is 1. The molecule has 2 aromatic heterocycles. The molecule has 10 heavy (non-hydrogen) atoms. The SMILES string of the molecule is C=c1[nH]c(=C)c2onnc12. The Labute approximate surface area is 55.8 Å². The van der Waals surface area contributed by atoms with Crippen molar-refractivity contribution < 1.29 is 4.52 Å². The van der Waals surface area contributed by atoms with Crippen molar-refractivity contribution in [3.63, 3.8) is 0 Å². The maximum Gasteiger partial charge on any atom is 0.212 e. The van der Waals surface area contributed by atoms with E-state index in [1.807, 2.05) is 0 Å². The molecule has 0 bridgehead atoms. The molecule has 0 aliphatic carbocycles. The highest BCUT2D eigenvalue weighted by Crippen LogP contribution is 1.95. The molecule has 2 heterocycles. The van der Waals surface area contributed by atoms with Crippen molar-refractivity contribution in [1.82, 2.24) is 15.4 Å². The van der Waals surface area contributed by atoms with E-state index in [1.165, 1.54) is 0 Å².